The number of rotatable bonds is 6. The van der Waals surface area contributed by atoms with Crippen LogP contribution in [0.4, 0.5) is 14.5 Å². The SMILES string of the molecule is COc1ccc2c(c1OC)C(=O)O[C@@H]2Nc1ccc(SC(F)F)cc1. The van der Waals surface area contributed by atoms with E-state index in [2.05, 4.69) is 5.32 Å². The monoisotopic (exact) mass is 367 g/mol. The van der Waals surface area contributed by atoms with Crippen LogP contribution in [0.2, 0.25) is 0 Å². The van der Waals surface area contributed by atoms with Crippen molar-refractivity contribution in [2.75, 3.05) is 19.5 Å². The highest BCUT2D eigenvalue weighted by atomic mass is 32.2. The maximum Gasteiger partial charge on any atom is 0.344 e. The predicted octanol–water partition coefficient (Wildman–Crippen LogP) is 4.30. The number of benzene rings is 2. The molecule has 8 heteroatoms. The number of alkyl halides is 2. The average molecular weight is 367 g/mol. The molecule has 1 aliphatic heterocycles. The molecule has 0 saturated carbocycles. The minimum absolute atomic E-state index is 0.309. The molecule has 0 radical (unpaired) electrons. The van der Waals surface area contributed by atoms with Crippen molar-refractivity contribution in [1.29, 1.82) is 0 Å². The summed E-state index contributed by atoms with van der Waals surface area (Å²) in [5.41, 5.74) is 1.57. The largest absolute Gasteiger partial charge is 0.493 e. The maximum absolute atomic E-state index is 12.4. The summed E-state index contributed by atoms with van der Waals surface area (Å²) in [6.45, 7) is 0. The molecular weight excluding hydrogens is 352 g/mol. The zero-order valence-electron chi connectivity index (χ0n) is 13.4. The van der Waals surface area contributed by atoms with E-state index in [9.17, 15) is 13.6 Å². The molecule has 0 unspecified atom stereocenters. The number of hydrogen-bond donors (Lipinski definition) is 1. The third kappa shape index (κ3) is 3.48. The Morgan fingerprint density at radius 1 is 1.12 bits per heavy atom. The Morgan fingerprint density at radius 3 is 2.44 bits per heavy atom. The zero-order valence-corrected chi connectivity index (χ0v) is 14.2. The second-order valence-corrected chi connectivity index (χ2v) is 6.16. The lowest BCUT2D eigenvalue weighted by Crippen LogP contribution is -2.10. The number of carbonyl (C=O) groups is 1. The number of hydrogen-bond acceptors (Lipinski definition) is 6. The Balaban J connectivity index is 1.84. The average Bonchev–Trinajstić information content (AvgIpc) is 2.91. The molecule has 0 amide bonds. The third-order valence-corrected chi connectivity index (χ3v) is 4.39. The Labute approximate surface area is 147 Å². The third-order valence-electron chi connectivity index (χ3n) is 3.67. The number of methoxy groups -OCH3 is 2. The lowest BCUT2D eigenvalue weighted by molar-refractivity contribution is 0.0435. The van der Waals surface area contributed by atoms with E-state index in [1.807, 2.05) is 0 Å². The summed E-state index contributed by atoms with van der Waals surface area (Å²) < 4.78 is 40.5. The van der Waals surface area contributed by atoms with Crippen molar-refractivity contribution < 1.29 is 27.8 Å². The number of nitrogens with one attached hydrogen (secondary N) is 1. The molecule has 0 fully saturated rings. The number of thioether (sulfide) groups is 1. The van der Waals surface area contributed by atoms with Crippen LogP contribution in [0.1, 0.15) is 22.1 Å². The lowest BCUT2D eigenvalue weighted by Gasteiger charge is -2.15. The summed E-state index contributed by atoms with van der Waals surface area (Å²) in [4.78, 5) is 12.7. The molecule has 1 atom stereocenters. The second kappa shape index (κ2) is 7.18. The molecule has 2 aromatic rings. The van der Waals surface area contributed by atoms with E-state index in [1.165, 1.54) is 14.2 Å². The van der Waals surface area contributed by atoms with Crippen LogP contribution in [0.5, 0.6) is 11.5 Å². The van der Waals surface area contributed by atoms with E-state index in [4.69, 9.17) is 14.2 Å². The van der Waals surface area contributed by atoms with Crippen molar-refractivity contribution in [2.24, 2.45) is 0 Å². The van der Waals surface area contributed by atoms with E-state index in [0.29, 0.717) is 45.0 Å². The minimum atomic E-state index is -2.47. The van der Waals surface area contributed by atoms with E-state index in [0.717, 1.165) is 0 Å². The van der Waals surface area contributed by atoms with E-state index in [-0.39, 0.29) is 0 Å². The zero-order chi connectivity index (χ0) is 18.0. The van der Waals surface area contributed by atoms with Gasteiger partial charge in [-0.1, -0.05) is 11.8 Å². The van der Waals surface area contributed by atoms with Crippen LogP contribution in [0, 0.1) is 0 Å². The van der Waals surface area contributed by atoms with Gasteiger partial charge in [0.2, 0.25) is 6.23 Å². The van der Waals surface area contributed by atoms with Crippen molar-refractivity contribution in [3.63, 3.8) is 0 Å². The summed E-state index contributed by atoms with van der Waals surface area (Å²) in [6, 6.07) is 9.86. The fourth-order valence-electron chi connectivity index (χ4n) is 2.59. The molecule has 0 bridgehead atoms. The number of esters is 1. The van der Waals surface area contributed by atoms with Gasteiger partial charge in [0.05, 0.1) is 14.2 Å². The molecule has 0 aromatic heterocycles. The molecule has 0 aliphatic carbocycles. The lowest BCUT2D eigenvalue weighted by atomic mass is 10.1. The van der Waals surface area contributed by atoms with Crippen molar-refractivity contribution in [2.45, 2.75) is 16.9 Å². The Bertz CT molecular complexity index is 783. The first kappa shape index (κ1) is 17.3. The molecule has 132 valence electrons. The quantitative estimate of drug-likeness (QED) is 0.607. The molecule has 0 saturated heterocycles. The summed E-state index contributed by atoms with van der Waals surface area (Å²) in [7, 11) is 2.94. The Kier molecular flexibility index (Phi) is 4.98. The molecule has 1 N–H and O–H groups in total. The first-order chi connectivity index (χ1) is 12.0. The molecule has 25 heavy (non-hydrogen) atoms. The summed E-state index contributed by atoms with van der Waals surface area (Å²) in [5, 5.41) is 3.06. The van der Waals surface area contributed by atoms with Crippen LogP contribution >= 0.6 is 11.8 Å². The fraction of sp³-hybridized carbons (Fsp3) is 0.235. The fourth-order valence-corrected chi connectivity index (χ4v) is 3.09. The molecular formula is C17H15F2NO4S. The van der Waals surface area contributed by atoms with Gasteiger partial charge in [-0.2, -0.15) is 8.78 Å². The normalized spacial score (nSPS) is 15.7. The van der Waals surface area contributed by atoms with Crippen LogP contribution < -0.4 is 14.8 Å². The van der Waals surface area contributed by atoms with Crippen LogP contribution in [0.15, 0.2) is 41.3 Å². The molecule has 5 nitrogen and oxygen atoms in total. The van der Waals surface area contributed by atoms with E-state index >= 15 is 0 Å². The number of carbonyl (C=O) groups excluding carboxylic acids is 1. The highest BCUT2D eigenvalue weighted by Gasteiger charge is 2.35. The number of anilines is 1. The first-order valence-corrected chi connectivity index (χ1v) is 8.18. The van der Waals surface area contributed by atoms with Gasteiger partial charge < -0.3 is 19.5 Å². The number of cyclic esters (lactones) is 1. The predicted molar refractivity (Wildman–Crippen MR) is 89.6 cm³/mol. The standard InChI is InChI=1S/C17H15F2NO4S/c1-22-12-8-7-11-13(14(12)23-2)16(21)24-15(11)20-9-3-5-10(6-4-9)25-17(18)19/h3-8,15,17,20H,1-2H3/t15-/m0/s1. The van der Waals surface area contributed by atoms with Gasteiger partial charge in [-0.15, -0.1) is 0 Å². The van der Waals surface area contributed by atoms with Gasteiger partial charge in [0, 0.05) is 16.1 Å². The van der Waals surface area contributed by atoms with Crippen LogP contribution in [0.3, 0.4) is 0 Å². The molecule has 1 aliphatic rings. The van der Waals surface area contributed by atoms with Crippen LogP contribution in [-0.2, 0) is 4.74 Å². The van der Waals surface area contributed by atoms with Gasteiger partial charge in [-0.25, -0.2) is 4.79 Å². The Hall–Kier alpha value is -2.48. The van der Waals surface area contributed by atoms with Gasteiger partial charge in [0.1, 0.15) is 5.56 Å². The Morgan fingerprint density at radius 2 is 1.84 bits per heavy atom. The van der Waals surface area contributed by atoms with Gasteiger partial charge in [0.15, 0.2) is 11.5 Å². The second-order valence-electron chi connectivity index (χ2n) is 5.10. The smallest absolute Gasteiger partial charge is 0.344 e. The van der Waals surface area contributed by atoms with Crippen LogP contribution in [-0.4, -0.2) is 25.9 Å². The van der Waals surface area contributed by atoms with Gasteiger partial charge in [-0.05, 0) is 36.4 Å². The van der Waals surface area contributed by atoms with Crippen molar-refractivity contribution >= 4 is 23.4 Å². The van der Waals surface area contributed by atoms with Crippen molar-refractivity contribution in [1.82, 2.24) is 0 Å². The topological polar surface area (TPSA) is 56.8 Å². The summed E-state index contributed by atoms with van der Waals surface area (Å²) >= 11 is 0.471. The highest BCUT2D eigenvalue weighted by molar-refractivity contribution is 7.99. The van der Waals surface area contributed by atoms with Crippen molar-refractivity contribution in [3.05, 3.63) is 47.5 Å². The van der Waals surface area contributed by atoms with Gasteiger partial charge in [0.25, 0.3) is 5.76 Å². The van der Waals surface area contributed by atoms with Crippen molar-refractivity contribution in [3.8, 4) is 11.5 Å². The first-order valence-electron chi connectivity index (χ1n) is 7.30. The van der Waals surface area contributed by atoms with Gasteiger partial charge in [-0.3, -0.25) is 0 Å². The minimum Gasteiger partial charge on any atom is -0.493 e. The molecule has 1 heterocycles. The number of ether oxygens (including phenoxy) is 3. The molecule has 3 rings (SSSR count). The summed E-state index contributed by atoms with van der Waals surface area (Å²) in [5.74, 6) is -2.23. The van der Waals surface area contributed by atoms with E-state index in [1.54, 1.807) is 36.4 Å². The highest BCUT2D eigenvalue weighted by Crippen LogP contribution is 2.42. The number of halogens is 2. The molecule has 0 spiro atoms. The molecule has 2 aromatic carbocycles. The van der Waals surface area contributed by atoms with E-state index < -0.39 is 18.0 Å². The summed E-state index contributed by atoms with van der Waals surface area (Å²) in [6.07, 6.45) is -0.698. The van der Waals surface area contributed by atoms with Gasteiger partial charge >= 0.3 is 5.97 Å². The van der Waals surface area contributed by atoms with Crippen LogP contribution in [0.25, 0.3) is 0 Å². The maximum atomic E-state index is 12.4. The number of fused-ring (bicyclic) bond motifs is 1.